The molecule has 0 aliphatic carbocycles. The number of hydrogen-bond acceptors (Lipinski definition) is 2. The molecule has 0 aliphatic heterocycles. The first-order chi connectivity index (χ1) is 9.17. The van der Waals surface area contributed by atoms with Crippen molar-refractivity contribution in [1.82, 2.24) is 0 Å². The molecule has 2 rings (SSSR count). The minimum absolute atomic E-state index is 0.740. The molecule has 0 radical (unpaired) electrons. The van der Waals surface area contributed by atoms with Gasteiger partial charge >= 0.3 is 0 Å². The summed E-state index contributed by atoms with van der Waals surface area (Å²) in [5.74, 6) is 0. The van der Waals surface area contributed by atoms with E-state index in [0.717, 1.165) is 23.4 Å². The van der Waals surface area contributed by atoms with Crippen LogP contribution >= 0.6 is 0 Å². The second kappa shape index (κ2) is 5.58. The third kappa shape index (κ3) is 2.61. The molecule has 2 heteroatoms. The van der Waals surface area contributed by atoms with E-state index in [2.05, 4.69) is 55.1 Å². The first kappa shape index (κ1) is 13.2. The van der Waals surface area contributed by atoms with Gasteiger partial charge in [0.2, 0.25) is 0 Å². The number of hydrogen-bond donors (Lipinski definition) is 0. The summed E-state index contributed by atoms with van der Waals surface area (Å²) in [5.41, 5.74) is 5.37. The van der Waals surface area contributed by atoms with Gasteiger partial charge in [-0.2, -0.15) is 5.26 Å². The molecule has 0 unspecified atom stereocenters. The van der Waals surface area contributed by atoms with E-state index in [1.165, 1.54) is 11.3 Å². The summed E-state index contributed by atoms with van der Waals surface area (Å²) in [4.78, 5) is 2.27. The molecule has 0 atom stereocenters. The Bertz CT molecular complexity index is 623. The minimum atomic E-state index is 0.740. The molecule has 0 spiro atoms. The second-order valence-electron chi connectivity index (χ2n) is 4.64. The van der Waals surface area contributed by atoms with Crippen LogP contribution in [0.25, 0.3) is 0 Å². The summed E-state index contributed by atoms with van der Waals surface area (Å²) < 4.78 is 0. The molecular formula is C17H18N2. The SMILES string of the molecule is CCN(c1ccc(C#N)c(C)c1)c1ccccc1C. The topological polar surface area (TPSA) is 27.0 Å². The number of rotatable bonds is 3. The smallest absolute Gasteiger partial charge is 0.0994 e. The Balaban J connectivity index is 2.46. The zero-order valence-electron chi connectivity index (χ0n) is 11.6. The molecule has 2 aromatic carbocycles. The normalized spacial score (nSPS) is 10.0. The molecule has 0 heterocycles. The van der Waals surface area contributed by atoms with Crippen molar-refractivity contribution in [3.05, 3.63) is 59.2 Å². The molecule has 96 valence electrons. The highest BCUT2D eigenvalue weighted by Crippen LogP contribution is 2.29. The summed E-state index contributed by atoms with van der Waals surface area (Å²) >= 11 is 0. The fraction of sp³-hybridized carbons (Fsp3) is 0.235. The summed E-state index contributed by atoms with van der Waals surface area (Å²) in [5, 5.41) is 9.00. The summed E-state index contributed by atoms with van der Waals surface area (Å²) in [6.07, 6.45) is 0. The number of nitriles is 1. The van der Waals surface area contributed by atoms with Gasteiger partial charge in [0.05, 0.1) is 11.6 Å². The van der Waals surface area contributed by atoms with Gasteiger partial charge in [-0.1, -0.05) is 18.2 Å². The Morgan fingerprint density at radius 3 is 2.37 bits per heavy atom. The fourth-order valence-corrected chi connectivity index (χ4v) is 2.30. The molecule has 0 N–H and O–H groups in total. The predicted octanol–water partition coefficient (Wildman–Crippen LogP) is 4.33. The van der Waals surface area contributed by atoms with Crippen LogP contribution in [0, 0.1) is 25.2 Å². The third-order valence-corrected chi connectivity index (χ3v) is 3.36. The van der Waals surface area contributed by atoms with Crippen molar-refractivity contribution in [3.8, 4) is 6.07 Å². The highest BCUT2D eigenvalue weighted by molar-refractivity contribution is 5.67. The molecule has 2 aromatic rings. The lowest BCUT2D eigenvalue weighted by Crippen LogP contribution is -2.17. The van der Waals surface area contributed by atoms with Gasteiger partial charge in [0.15, 0.2) is 0 Å². The highest BCUT2D eigenvalue weighted by Gasteiger charge is 2.10. The van der Waals surface area contributed by atoms with Crippen LogP contribution in [0.5, 0.6) is 0 Å². The standard InChI is InChI=1S/C17H18N2/c1-4-19(17-8-6-5-7-13(17)2)16-10-9-15(12-18)14(3)11-16/h5-11H,4H2,1-3H3. The number of nitrogens with zero attached hydrogens (tertiary/aromatic N) is 2. The van der Waals surface area contributed by atoms with Crippen molar-refractivity contribution < 1.29 is 0 Å². The van der Waals surface area contributed by atoms with Gasteiger partial charge < -0.3 is 4.90 Å². The van der Waals surface area contributed by atoms with Gasteiger partial charge in [-0.3, -0.25) is 0 Å². The first-order valence-corrected chi connectivity index (χ1v) is 6.51. The van der Waals surface area contributed by atoms with Crippen LogP contribution in [0.1, 0.15) is 23.6 Å². The molecule has 0 aliphatic rings. The van der Waals surface area contributed by atoms with Crippen LogP contribution in [0.3, 0.4) is 0 Å². The van der Waals surface area contributed by atoms with Crippen LogP contribution in [-0.4, -0.2) is 6.54 Å². The van der Waals surface area contributed by atoms with E-state index in [0.29, 0.717) is 0 Å². The quantitative estimate of drug-likeness (QED) is 0.810. The van der Waals surface area contributed by atoms with E-state index in [4.69, 9.17) is 5.26 Å². The summed E-state index contributed by atoms with van der Waals surface area (Å²) in [7, 11) is 0. The van der Waals surface area contributed by atoms with Gasteiger partial charge in [-0.15, -0.1) is 0 Å². The van der Waals surface area contributed by atoms with Crippen LogP contribution in [0.4, 0.5) is 11.4 Å². The Labute approximate surface area is 114 Å². The van der Waals surface area contributed by atoms with Crippen LogP contribution in [0.15, 0.2) is 42.5 Å². The highest BCUT2D eigenvalue weighted by atomic mass is 15.1. The maximum absolute atomic E-state index is 9.00. The van der Waals surface area contributed by atoms with Gasteiger partial charge in [0.1, 0.15) is 0 Å². The third-order valence-electron chi connectivity index (χ3n) is 3.36. The van der Waals surface area contributed by atoms with Crippen LogP contribution < -0.4 is 4.90 Å². The Morgan fingerprint density at radius 1 is 1.05 bits per heavy atom. The zero-order chi connectivity index (χ0) is 13.8. The zero-order valence-corrected chi connectivity index (χ0v) is 11.6. The van der Waals surface area contributed by atoms with E-state index >= 15 is 0 Å². The van der Waals surface area contributed by atoms with Gasteiger partial charge in [0.25, 0.3) is 0 Å². The number of benzene rings is 2. The largest absolute Gasteiger partial charge is 0.342 e. The van der Waals surface area contributed by atoms with Gasteiger partial charge in [-0.25, -0.2) is 0 Å². The fourth-order valence-electron chi connectivity index (χ4n) is 2.30. The van der Waals surface area contributed by atoms with E-state index in [1.54, 1.807) is 0 Å². The van der Waals surface area contributed by atoms with E-state index < -0.39 is 0 Å². The van der Waals surface area contributed by atoms with Gasteiger partial charge in [-0.05, 0) is 56.2 Å². The predicted molar refractivity (Wildman–Crippen MR) is 79.8 cm³/mol. The Morgan fingerprint density at radius 2 is 1.79 bits per heavy atom. The summed E-state index contributed by atoms with van der Waals surface area (Å²) in [6.45, 7) is 7.14. The summed E-state index contributed by atoms with van der Waals surface area (Å²) in [6, 6.07) is 16.6. The first-order valence-electron chi connectivity index (χ1n) is 6.51. The maximum atomic E-state index is 9.00. The van der Waals surface area contributed by atoms with Crippen molar-refractivity contribution in [1.29, 1.82) is 5.26 Å². The lowest BCUT2D eigenvalue weighted by molar-refractivity contribution is 1.01. The molecule has 0 amide bonds. The average molecular weight is 250 g/mol. The van der Waals surface area contributed by atoms with Crippen molar-refractivity contribution in [3.63, 3.8) is 0 Å². The monoisotopic (exact) mass is 250 g/mol. The number of aryl methyl sites for hydroxylation is 2. The van der Waals surface area contributed by atoms with Crippen LogP contribution in [-0.2, 0) is 0 Å². The average Bonchev–Trinajstić information content (AvgIpc) is 2.42. The van der Waals surface area contributed by atoms with Crippen molar-refractivity contribution in [2.45, 2.75) is 20.8 Å². The molecule has 0 fully saturated rings. The molecule has 0 aromatic heterocycles. The number of para-hydroxylation sites is 1. The Kier molecular flexibility index (Phi) is 3.87. The maximum Gasteiger partial charge on any atom is 0.0994 e. The molecule has 0 saturated heterocycles. The van der Waals surface area contributed by atoms with Crippen molar-refractivity contribution in [2.24, 2.45) is 0 Å². The van der Waals surface area contributed by atoms with E-state index in [1.807, 2.05) is 19.1 Å². The molecule has 2 nitrogen and oxygen atoms in total. The molecule has 0 bridgehead atoms. The van der Waals surface area contributed by atoms with Crippen LogP contribution in [0.2, 0.25) is 0 Å². The minimum Gasteiger partial charge on any atom is -0.342 e. The Hall–Kier alpha value is -2.27. The van der Waals surface area contributed by atoms with E-state index in [9.17, 15) is 0 Å². The van der Waals surface area contributed by atoms with E-state index in [-0.39, 0.29) is 0 Å². The second-order valence-corrected chi connectivity index (χ2v) is 4.64. The van der Waals surface area contributed by atoms with Crippen molar-refractivity contribution in [2.75, 3.05) is 11.4 Å². The lowest BCUT2D eigenvalue weighted by atomic mass is 10.1. The van der Waals surface area contributed by atoms with Gasteiger partial charge in [0, 0.05) is 17.9 Å². The lowest BCUT2D eigenvalue weighted by Gasteiger charge is -2.25. The number of anilines is 2. The molecule has 0 saturated carbocycles. The molecular weight excluding hydrogens is 232 g/mol. The molecule has 19 heavy (non-hydrogen) atoms. The van der Waals surface area contributed by atoms with Crippen molar-refractivity contribution >= 4 is 11.4 Å².